The Hall–Kier alpha value is -0.430. The van der Waals surface area contributed by atoms with Crippen LogP contribution in [0.1, 0.15) is 38.5 Å². The summed E-state index contributed by atoms with van der Waals surface area (Å²) in [5.74, 6) is 0.654. The zero-order valence-electron chi connectivity index (χ0n) is 8.58. The van der Waals surface area contributed by atoms with Gasteiger partial charge in [0, 0.05) is 17.9 Å². The Morgan fingerprint density at radius 2 is 2.07 bits per heavy atom. The molecule has 0 saturated heterocycles. The van der Waals surface area contributed by atoms with Gasteiger partial charge >= 0.3 is 0 Å². The molecule has 0 aromatic heterocycles. The van der Waals surface area contributed by atoms with Crippen molar-refractivity contribution in [2.75, 3.05) is 5.88 Å². The summed E-state index contributed by atoms with van der Waals surface area (Å²) in [6, 6.07) is 0.717. The monoisotopic (exact) mass is 211 g/mol. The molecule has 0 atom stereocenters. The predicted octanol–water partition coefficient (Wildman–Crippen LogP) is 3.66. The predicted molar refractivity (Wildman–Crippen MR) is 61.3 cm³/mol. The molecule has 1 heterocycles. The third-order valence-corrected chi connectivity index (χ3v) is 3.44. The molecule has 0 aromatic rings. The second-order valence-corrected chi connectivity index (χ2v) is 4.40. The Labute approximate surface area is 91.4 Å². The number of hydrogen-bond donors (Lipinski definition) is 0. The molecule has 14 heavy (non-hydrogen) atoms. The van der Waals surface area contributed by atoms with E-state index in [1.807, 2.05) is 0 Å². The van der Waals surface area contributed by atoms with E-state index in [1.54, 1.807) is 0 Å². The van der Waals surface area contributed by atoms with Gasteiger partial charge in [-0.2, -0.15) is 0 Å². The van der Waals surface area contributed by atoms with Crippen molar-refractivity contribution in [3.05, 3.63) is 24.0 Å². The molecular weight excluding hydrogens is 194 g/mol. The number of nitrogens with zero attached hydrogens (tertiary/aromatic N) is 1. The van der Waals surface area contributed by atoms with Crippen LogP contribution in [0, 0.1) is 0 Å². The first kappa shape index (κ1) is 10.1. The van der Waals surface area contributed by atoms with Gasteiger partial charge in [-0.15, -0.1) is 11.6 Å². The number of rotatable bonds is 2. The maximum Gasteiger partial charge on any atom is 0.0624 e. The van der Waals surface area contributed by atoms with E-state index in [2.05, 4.69) is 23.3 Å². The van der Waals surface area contributed by atoms with Crippen LogP contribution in [0.4, 0.5) is 0 Å². The summed E-state index contributed by atoms with van der Waals surface area (Å²) < 4.78 is 0. The fraction of sp³-hybridized carbons (Fsp3) is 0.667. The molecule has 1 fully saturated rings. The molecule has 1 nitrogen and oxygen atoms in total. The molecule has 1 saturated carbocycles. The van der Waals surface area contributed by atoms with Gasteiger partial charge in [0.05, 0.1) is 5.88 Å². The van der Waals surface area contributed by atoms with E-state index in [4.69, 9.17) is 11.6 Å². The highest BCUT2D eigenvalue weighted by Gasteiger charge is 2.22. The molecule has 2 aliphatic rings. The summed E-state index contributed by atoms with van der Waals surface area (Å²) in [6.07, 6.45) is 14.5. The third-order valence-electron chi connectivity index (χ3n) is 3.17. The van der Waals surface area contributed by atoms with Gasteiger partial charge < -0.3 is 4.90 Å². The molecule has 0 unspecified atom stereocenters. The smallest absolute Gasteiger partial charge is 0.0624 e. The number of halogens is 1. The van der Waals surface area contributed by atoms with Gasteiger partial charge in [-0.25, -0.2) is 0 Å². The minimum atomic E-state index is 0.654. The lowest BCUT2D eigenvalue weighted by Gasteiger charge is -2.28. The molecule has 1 aliphatic heterocycles. The van der Waals surface area contributed by atoms with Crippen LogP contribution < -0.4 is 0 Å². The van der Waals surface area contributed by atoms with Crippen molar-refractivity contribution in [2.24, 2.45) is 0 Å². The van der Waals surface area contributed by atoms with E-state index in [9.17, 15) is 0 Å². The zero-order chi connectivity index (χ0) is 9.80. The molecule has 78 valence electrons. The first-order valence-corrected chi connectivity index (χ1v) is 6.15. The van der Waals surface area contributed by atoms with Crippen molar-refractivity contribution in [3.8, 4) is 0 Å². The summed E-state index contributed by atoms with van der Waals surface area (Å²) in [7, 11) is 0. The normalized spacial score (nSPS) is 23.8. The molecule has 0 spiro atoms. The molecule has 0 bridgehead atoms. The summed E-state index contributed by atoms with van der Waals surface area (Å²) in [6.45, 7) is 0. The molecule has 2 heteroatoms. The van der Waals surface area contributed by atoms with E-state index >= 15 is 0 Å². The van der Waals surface area contributed by atoms with Crippen LogP contribution in [0.5, 0.6) is 0 Å². The summed E-state index contributed by atoms with van der Waals surface area (Å²) in [5, 5.41) is 0. The Balaban J connectivity index is 2.11. The zero-order valence-corrected chi connectivity index (χ0v) is 9.34. The number of hydrogen-bond acceptors (Lipinski definition) is 1. The lowest BCUT2D eigenvalue weighted by atomic mass is 10.2. The molecule has 0 N–H and O–H groups in total. The van der Waals surface area contributed by atoms with Gasteiger partial charge in [-0.05, 0) is 25.7 Å². The minimum Gasteiger partial charge on any atom is -0.348 e. The van der Waals surface area contributed by atoms with Crippen LogP contribution in [0.25, 0.3) is 0 Å². The Morgan fingerprint density at radius 3 is 2.79 bits per heavy atom. The highest BCUT2D eigenvalue weighted by Crippen LogP contribution is 2.28. The van der Waals surface area contributed by atoms with Crippen molar-refractivity contribution >= 4 is 11.6 Å². The van der Waals surface area contributed by atoms with E-state index in [1.165, 1.54) is 31.4 Å². The summed E-state index contributed by atoms with van der Waals surface area (Å²) in [5.41, 5.74) is 1.31. The standard InChI is InChI=1S/C12H18ClN/c13-10-12-8-2-1-5-9-14(12)11-6-3-4-7-11/h5,8-9,11H,1-4,6-7,10H2. The molecule has 0 aromatic carbocycles. The fourth-order valence-electron chi connectivity index (χ4n) is 2.40. The average molecular weight is 212 g/mol. The van der Waals surface area contributed by atoms with Crippen LogP contribution in [0.2, 0.25) is 0 Å². The minimum absolute atomic E-state index is 0.654. The summed E-state index contributed by atoms with van der Waals surface area (Å²) in [4.78, 5) is 2.41. The lowest BCUT2D eigenvalue weighted by Crippen LogP contribution is -2.27. The maximum atomic E-state index is 5.98. The van der Waals surface area contributed by atoms with E-state index in [0.717, 1.165) is 12.8 Å². The Morgan fingerprint density at radius 1 is 1.29 bits per heavy atom. The second kappa shape index (κ2) is 4.88. The topological polar surface area (TPSA) is 3.24 Å². The Kier molecular flexibility index (Phi) is 3.52. The largest absolute Gasteiger partial charge is 0.348 e. The third kappa shape index (κ3) is 2.14. The van der Waals surface area contributed by atoms with E-state index in [-0.39, 0.29) is 0 Å². The van der Waals surface area contributed by atoms with Gasteiger partial charge in [-0.3, -0.25) is 0 Å². The van der Waals surface area contributed by atoms with Gasteiger partial charge in [0.2, 0.25) is 0 Å². The van der Waals surface area contributed by atoms with Crippen LogP contribution in [-0.4, -0.2) is 16.8 Å². The van der Waals surface area contributed by atoms with Gasteiger partial charge in [0.1, 0.15) is 0 Å². The van der Waals surface area contributed by atoms with Crippen molar-refractivity contribution in [2.45, 2.75) is 44.6 Å². The van der Waals surface area contributed by atoms with Crippen LogP contribution in [0.3, 0.4) is 0 Å². The maximum absolute atomic E-state index is 5.98. The van der Waals surface area contributed by atoms with Gasteiger partial charge in [0.25, 0.3) is 0 Å². The highest BCUT2D eigenvalue weighted by molar-refractivity contribution is 6.19. The first-order valence-electron chi connectivity index (χ1n) is 5.62. The van der Waals surface area contributed by atoms with Crippen LogP contribution in [0.15, 0.2) is 24.0 Å². The van der Waals surface area contributed by atoms with Crippen molar-refractivity contribution in [3.63, 3.8) is 0 Å². The lowest BCUT2D eigenvalue weighted by molar-refractivity contribution is 0.345. The highest BCUT2D eigenvalue weighted by atomic mass is 35.5. The first-order chi connectivity index (χ1) is 6.92. The Bertz CT molecular complexity index is 239. The van der Waals surface area contributed by atoms with Crippen molar-refractivity contribution < 1.29 is 0 Å². The second-order valence-electron chi connectivity index (χ2n) is 4.14. The molecule has 0 amide bonds. The molecular formula is C12H18ClN. The quantitative estimate of drug-likeness (QED) is 0.631. The van der Waals surface area contributed by atoms with E-state index in [0.29, 0.717) is 11.9 Å². The van der Waals surface area contributed by atoms with Gasteiger partial charge in [0.15, 0.2) is 0 Å². The SMILES string of the molecule is ClCC1=CCCC=CN1C1CCCC1. The van der Waals surface area contributed by atoms with Crippen molar-refractivity contribution in [1.82, 2.24) is 4.90 Å². The van der Waals surface area contributed by atoms with E-state index < -0.39 is 0 Å². The fourth-order valence-corrected chi connectivity index (χ4v) is 2.64. The molecule has 1 aliphatic carbocycles. The summed E-state index contributed by atoms with van der Waals surface area (Å²) >= 11 is 5.98. The number of alkyl halides is 1. The van der Waals surface area contributed by atoms with Gasteiger partial charge in [-0.1, -0.05) is 25.0 Å². The number of allylic oxidation sites excluding steroid dienone is 3. The molecule has 0 radical (unpaired) electrons. The average Bonchev–Trinajstić information content (AvgIpc) is 2.63. The molecule has 2 rings (SSSR count). The van der Waals surface area contributed by atoms with Crippen molar-refractivity contribution in [1.29, 1.82) is 0 Å². The van der Waals surface area contributed by atoms with Crippen LogP contribution >= 0.6 is 11.6 Å². The van der Waals surface area contributed by atoms with Crippen LogP contribution in [-0.2, 0) is 0 Å².